The second-order valence-electron chi connectivity index (χ2n) is 6.59. The number of aryl methyl sites for hydroxylation is 1. The normalized spacial score (nSPS) is 15.4. The van der Waals surface area contributed by atoms with Gasteiger partial charge in [-0.25, -0.2) is 0 Å². The van der Waals surface area contributed by atoms with Crippen molar-refractivity contribution in [3.8, 4) is 11.3 Å². The van der Waals surface area contributed by atoms with Crippen molar-refractivity contribution in [2.45, 2.75) is 19.4 Å². The first-order valence-electron chi connectivity index (χ1n) is 8.60. The topological polar surface area (TPSA) is 68.1 Å². The lowest BCUT2D eigenvalue weighted by atomic mass is 9.90. The number of Topliss-reactive ketones (excluding diaryl/α,β-unsaturated/α-hetero) is 1. The molecule has 26 heavy (non-hydrogen) atoms. The molecule has 0 atom stereocenters. The Labute approximate surface area is 154 Å². The number of hydrogen-bond donors (Lipinski definition) is 0. The van der Waals surface area contributed by atoms with Gasteiger partial charge in [-0.1, -0.05) is 0 Å². The lowest BCUT2D eigenvalue weighted by Crippen LogP contribution is -2.43. The van der Waals surface area contributed by atoms with E-state index in [0.717, 1.165) is 29.7 Å². The molecule has 0 fully saturated rings. The molecule has 5 rings (SSSR count). The zero-order chi connectivity index (χ0) is 17.7. The molecule has 0 saturated heterocycles. The minimum Gasteiger partial charge on any atom is -0.328 e. The van der Waals surface area contributed by atoms with E-state index in [1.54, 1.807) is 17.2 Å². The number of aromatic nitrogens is 3. The van der Waals surface area contributed by atoms with E-state index in [0.29, 0.717) is 24.3 Å². The summed E-state index contributed by atoms with van der Waals surface area (Å²) in [5, 5.41) is 8.41. The predicted molar refractivity (Wildman–Crippen MR) is 97.4 cm³/mol. The fourth-order valence-corrected chi connectivity index (χ4v) is 4.44. The average Bonchev–Trinajstić information content (AvgIpc) is 3.32. The number of pyridine rings is 1. The first kappa shape index (κ1) is 15.5. The van der Waals surface area contributed by atoms with E-state index in [9.17, 15) is 9.59 Å². The monoisotopic (exact) mass is 364 g/mol. The molecule has 0 N–H and O–H groups in total. The van der Waals surface area contributed by atoms with Crippen molar-refractivity contribution in [3.05, 3.63) is 57.7 Å². The standard InChI is InChI=1S/C19H16N4O2S/c24-16(13-4-8-26-11-13)10-22-6-7-23-18(19(22)25)15-2-1-12-9-20-5-3-14(12)17(15)21-23/h3-5,8-9,11H,1-2,6-7,10H2. The van der Waals surface area contributed by atoms with Crippen LogP contribution in [0.4, 0.5) is 0 Å². The Hall–Kier alpha value is -2.80. The fourth-order valence-electron chi connectivity index (χ4n) is 3.78. The number of rotatable bonds is 3. The van der Waals surface area contributed by atoms with Crippen molar-refractivity contribution in [1.29, 1.82) is 0 Å². The lowest BCUT2D eigenvalue weighted by molar-refractivity contribution is 0.0657. The first-order chi connectivity index (χ1) is 12.7. The molecule has 0 saturated carbocycles. The van der Waals surface area contributed by atoms with Crippen LogP contribution in [0, 0.1) is 0 Å². The van der Waals surface area contributed by atoms with Gasteiger partial charge in [-0.05, 0) is 35.9 Å². The second-order valence-corrected chi connectivity index (χ2v) is 7.37. The summed E-state index contributed by atoms with van der Waals surface area (Å²) in [6, 6.07) is 3.77. The van der Waals surface area contributed by atoms with E-state index in [4.69, 9.17) is 5.10 Å². The van der Waals surface area contributed by atoms with Gasteiger partial charge in [-0.15, -0.1) is 0 Å². The van der Waals surface area contributed by atoms with Crippen molar-refractivity contribution >= 4 is 23.0 Å². The van der Waals surface area contributed by atoms with Gasteiger partial charge < -0.3 is 4.90 Å². The Morgan fingerprint density at radius 2 is 2.15 bits per heavy atom. The average molecular weight is 364 g/mol. The molecular weight excluding hydrogens is 348 g/mol. The predicted octanol–water partition coefficient (Wildman–Crippen LogP) is 2.44. The van der Waals surface area contributed by atoms with Gasteiger partial charge in [0.15, 0.2) is 5.78 Å². The summed E-state index contributed by atoms with van der Waals surface area (Å²) in [6.45, 7) is 1.24. The SMILES string of the molecule is O=C(CN1CCn2nc3c(c2C1=O)CCc1cnccc1-3)c1ccsc1. The van der Waals surface area contributed by atoms with Crippen molar-refractivity contribution in [3.63, 3.8) is 0 Å². The number of amides is 1. The van der Waals surface area contributed by atoms with Crippen molar-refractivity contribution in [1.82, 2.24) is 19.7 Å². The van der Waals surface area contributed by atoms with Crippen LogP contribution in [0.3, 0.4) is 0 Å². The molecule has 3 aromatic rings. The summed E-state index contributed by atoms with van der Waals surface area (Å²) in [5.74, 6) is -0.107. The van der Waals surface area contributed by atoms with E-state index in [1.807, 2.05) is 27.7 Å². The second kappa shape index (κ2) is 5.88. The third kappa shape index (κ3) is 2.31. The maximum absolute atomic E-state index is 13.1. The van der Waals surface area contributed by atoms with E-state index in [2.05, 4.69) is 4.98 Å². The summed E-state index contributed by atoms with van der Waals surface area (Å²) < 4.78 is 1.81. The molecule has 1 amide bonds. The van der Waals surface area contributed by atoms with Crippen LogP contribution >= 0.6 is 11.3 Å². The number of fused-ring (bicyclic) bond motifs is 5. The molecule has 1 aliphatic heterocycles. The number of ketones is 1. The minimum absolute atomic E-state index is 0.0159. The minimum atomic E-state index is -0.0916. The van der Waals surface area contributed by atoms with Gasteiger partial charge in [0.25, 0.3) is 5.91 Å². The highest BCUT2D eigenvalue weighted by Crippen LogP contribution is 2.35. The number of thiophene rings is 1. The Morgan fingerprint density at radius 3 is 3.00 bits per heavy atom. The highest BCUT2D eigenvalue weighted by Gasteiger charge is 2.34. The summed E-state index contributed by atoms with van der Waals surface area (Å²) in [4.78, 5) is 31.3. The Balaban J connectivity index is 1.49. The van der Waals surface area contributed by atoms with Crippen LogP contribution in [0.2, 0.25) is 0 Å². The van der Waals surface area contributed by atoms with Crippen LogP contribution in [0.15, 0.2) is 35.3 Å². The summed E-state index contributed by atoms with van der Waals surface area (Å²) in [7, 11) is 0. The Morgan fingerprint density at radius 1 is 1.23 bits per heavy atom. The quantitative estimate of drug-likeness (QED) is 0.670. The summed E-state index contributed by atoms with van der Waals surface area (Å²) in [5.41, 5.74) is 5.45. The molecule has 130 valence electrons. The number of carbonyl (C=O) groups excluding carboxylic acids is 2. The third-order valence-corrected chi connectivity index (χ3v) is 5.79. The van der Waals surface area contributed by atoms with E-state index in [1.165, 1.54) is 16.9 Å². The van der Waals surface area contributed by atoms with Gasteiger partial charge in [0.05, 0.1) is 18.8 Å². The largest absolute Gasteiger partial charge is 0.328 e. The van der Waals surface area contributed by atoms with Crippen LogP contribution in [-0.4, -0.2) is 44.4 Å². The molecule has 3 aromatic heterocycles. The molecule has 0 spiro atoms. The van der Waals surface area contributed by atoms with Crippen molar-refractivity contribution < 1.29 is 9.59 Å². The zero-order valence-electron chi connectivity index (χ0n) is 14.0. The summed E-state index contributed by atoms with van der Waals surface area (Å²) >= 11 is 1.49. The molecule has 0 unspecified atom stereocenters. The molecule has 7 heteroatoms. The maximum atomic E-state index is 13.1. The van der Waals surface area contributed by atoms with Crippen LogP contribution < -0.4 is 0 Å². The fraction of sp³-hybridized carbons (Fsp3) is 0.263. The van der Waals surface area contributed by atoms with Gasteiger partial charge in [0.1, 0.15) is 5.69 Å². The van der Waals surface area contributed by atoms with Gasteiger partial charge in [0.2, 0.25) is 0 Å². The van der Waals surface area contributed by atoms with Crippen LogP contribution in [0.5, 0.6) is 0 Å². The van der Waals surface area contributed by atoms with Crippen molar-refractivity contribution in [2.75, 3.05) is 13.1 Å². The van der Waals surface area contributed by atoms with E-state index < -0.39 is 0 Å². The van der Waals surface area contributed by atoms with Crippen LogP contribution in [-0.2, 0) is 19.4 Å². The Kier molecular flexibility index (Phi) is 3.49. The molecule has 1 aliphatic carbocycles. The number of nitrogens with zero attached hydrogens (tertiary/aromatic N) is 4. The summed E-state index contributed by atoms with van der Waals surface area (Å²) in [6.07, 6.45) is 5.28. The molecule has 0 aromatic carbocycles. The molecule has 6 nitrogen and oxygen atoms in total. The number of carbonyl (C=O) groups is 2. The van der Waals surface area contributed by atoms with Crippen molar-refractivity contribution in [2.24, 2.45) is 0 Å². The highest BCUT2D eigenvalue weighted by atomic mass is 32.1. The molecule has 0 bridgehead atoms. The first-order valence-corrected chi connectivity index (χ1v) is 9.54. The smallest absolute Gasteiger partial charge is 0.272 e. The van der Waals surface area contributed by atoms with E-state index >= 15 is 0 Å². The molecular formula is C19H16N4O2S. The van der Waals surface area contributed by atoms with Gasteiger partial charge >= 0.3 is 0 Å². The third-order valence-electron chi connectivity index (χ3n) is 5.10. The zero-order valence-corrected chi connectivity index (χ0v) is 14.8. The van der Waals surface area contributed by atoms with E-state index in [-0.39, 0.29) is 18.2 Å². The van der Waals surface area contributed by atoms with Gasteiger partial charge in [-0.2, -0.15) is 16.4 Å². The molecule has 2 aliphatic rings. The van der Waals surface area contributed by atoms with Gasteiger partial charge in [-0.3, -0.25) is 19.3 Å². The van der Waals surface area contributed by atoms with Crippen LogP contribution in [0.1, 0.15) is 32.0 Å². The molecule has 0 radical (unpaired) electrons. The number of hydrogen-bond acceptors (Lipinski definition) is 5. The maximum Gasteiger partial charge on any atom is 0.272 e. The van der Waals surface area contributed by atoms with Crippen LogP contribution in [0.25, 0.3) is 11.3 Å². The lowest BCUT2D eigenvalue weighted by Gasteiger charge is -2.27. The highest BCUT2D eigenvalue weighted by molar-refractivity contribution is 7.08. The Bertz CT molecular complexity index is 1020. The molecule has 4 heterocycles. The van der Waals surface area contributed by atoms with Gasteiger partial charge in [0, 0.05) is 41.0 Å².